The van der Waals surface area contributed by atoms with Crippen molar-refractivity contribution in [1.29, 1.82) is 0 Å². The summed E-state index contributed by atoms with van der Waals surface area (Å²) in [6.45, 7) is 4.97. The molecule has 0 aliphatic rings. The summed E-state index contributed by atoms with van der Waals surface area (Å²) in [5, 5.41) is 39.0. The van der Waals surface area contributed by atoms with Gasteiger partial charge in [0.15, 0.2) is 6.10 Å². The first-order valence-electron chi connectivity index (χ1n) is 8.16. The maximum absolute atomic E-state index is 11.4. The van der Waals surface area contributed by atoms with Gasteiger partial charge >= 0.3 is 5.97 Å². The molecule has 4 N–H and O–H groups in total. The second-order valence-electron chi connectivity index (χ2n) is 5.84. The predicted molar refractivity (Wildman–Crippen MR) is 93.1 cm³/mol. The van der Waals surface area contributed by atoms with Crippen molar-refractivity contribution in [2.45, 2.75) is 45.8 Å². The van der Waals surface area contributed by atoms with Gasteiger partial charge in [-0.2, -0.15) is 0 Å². The highest BCUT2D eigenvalue weighted by Crippen LogP contribution is 2.27. The van der Waals surface area contributed by atoms with E-state index in [2.05, 4.69) is 5.73 Å². The molecule has 0 aliphatic carbocycles. The summed E-state index contributed by atoms with van der Waals surface area (Å²) in [5.74, 6) is -0.535. The smallest absolute Gasteiger partial charge is 0.335 e. The topological polar surface area (TPSA) is 107 Å². The molecule has 138 valence electrons. The molecule has 1 rings (SSSR count). The number of aryl methyl sites for hydroxylation is 2. The van der Waals surface area contributed by atoms with Gasteiger partial charge in [-0.1, -0.05) is 0 Å². The van der Waals surface area contributed by atoms with Crippen LogP contribution >= 0.6 is 0 Å². The molecule has 6 heteroatoms. The lowest BCUT2D eigenvalue weighted by molar-refractivity contribution is -0.152. The number of phenols is 1. The van der Waals surface area contributed by atoms with E-state index in [4.69, 9.17) is 4.74 Å². The number of carbonyl (C=O) groups excluding carboxylic acids is 1. The molecule has 25 heavy (non-hydrogen) atoms. The van der Waals surface area contributed by atoms with Gasteiger partial charge in [0, 0.05) is 12.8 Å². The molecule has 0 saturated heterocycles. The van der Waals surface area contributed by atoms with E-state index in [0.29, 0.717) is 22.3 Å². The number of esters is 1. The number of aliphatic hydroxyl groups is 3. The van der Waals surface area contributed by atoms with Gasteiger partial charge in [0.25, 0.3) is 0 Å². The van der Waals surface area contributed by atoms with Gasteiger partial charge in [0.05, 0.1) is 19.3 Å². The van der Waals surface area contributed by atoms with Crippen LogP contribution < -0.4 is 0 Å². The molecule has 1 aromatic rings. The van der Waals surface area contributed by atoms with Gasteiger partial charge in [-0.3, -0.25) is 0 Å². The number of ether oxygens (including phenoxy) is 1. The monoisotopic (exact) mass is 350 g/mol. The van der Waals surface area contributed by atoms with E-state index < -0.39 is 18.2 Å². The Balaban J connectivity index is 2.78. The first kappa shape index (κ1) is 20.9. The first-order valence-corrected chi connectivity index (χ1v) is 8.16. The van der Waals surface area contributed by atoms with Crippen molar-refractivity contribution in [2.75, 3.05) is 13.2 Å². The normalized spacial score (nSPS) is 12.9. The molecule has 1 aromatic carbocycles. The summed E-state index contributed by atoms with van der Waals surface area (Å²) < 4.78 is 4.70. The maximum atomic E-state index is 11.4. The van der Waals surface area contributed by atoms with E-state index in [1.54, 1.807) is 39.0 Å². The summed E-state index contributed by atoms with van der Waals surface area (Å²) in [4.78, 5) is 11.4. The van der Waals surface area contributed by atoms with Gasteiger partial charge in [0.2, 0.25) is 0 Å². The largest absolute Gasteiger partial charge is 0.507 e. The molecule has 0 bridgehead atoms. The average Bonchev–Trinajstić information content (AvgIpc) is 2.58. The zero-order valence-corrected chi connectivity index (χ0v) is 14.8. The van der Waals surface area contributed by atoms with E-state index in [1.807, 2.05) is 0 Å². The number of phenolic OH excluding ortho intramolecular Hbond substituents is 1. The summed E-state index contributed by atoms with van der Waals surface area (Å²) >= 11 is 0. The van der Waals surface area contributed by atoms with Gasteiger partial charge in [-0.05, 0) is 61.2 Å². The van der Waals surface area contributed by atoms with Gasteiger partial charge < -0.3 is 25.2 Å². The van der Waals surface area contributed by atoms with Crippen LogP contribution in [0.1, 0.15) is 42.6 Å². The highest BCUT2D eigenvalue weighted by atomic mass is 16.5. The molecule has 6 nitrogen and oxygen atoms in total. The molecule has 2 atom stereocenters. The molecule has 0 fully saturated rings. The summed E-state index contributed by atoms with van der Waals surface area (Å²) in [5.41, 5.74) is 5.18. The lowest BCUT2D eigenvalue weighted by Crippen LogP contribution is -2.23. The molecule has 0 unspecified atom stereocenters. The fourth-order valence-corrected chi connectivity index (χ4v) is 2.36. The van der Waals surface area contributed by atoms with E-state index in [1.165, 1.54) is 0 Å². The van der Waals surface area contributed by atoms with Crippen LogP contribution in [-0.2, 0) is 9.53 Å². The Hall–Kier alpha value is -2.11. The molecular formula is C19H26O6. The Morgan fingerprint density at radius 2 is 1.88 bits per heavy atom. The minimum Gasteiger partial charge on any atom is -0.507 e. The molecular weight excluding hydrogens is 324 g/mol. The number of benzene rings is 1. The maximum Gasteiger partial charge on any atom is 0.335 e. The Kier molecular flexibility index (Phi) is 8.38. The molecule has 0 saturated carbocycles. The van der Waals surface area contributed by atoms with Crippen LogP contribution in [0.25, 0.3) is 0 Å². The lowest BCUT2D eigenvalue weighted by atomic mass is 10.00. The Labute approximate surface area is 147 Å². The standard InChI is InChI=1S/C19H26O6/c1-4-25-19(24)17(22)10-14(11-20)6-5-7-16(21)15-8-12(2)18(23)13(3)9-15/h5,8-9,16-17,20-23H,4,7,10-11H2,1-3H3/t6?,16-,17-/m1/s1. The number of rotatable bonds is 8. The zero-order chi connectivity index (χ0) is 19.0. The van der Waals surface area contributed by atoms with Crippen molar-refractivity contribution >= 4 is 5.97 Å². The van der Waals surface area contributed by atoms with Gasteiger partial charge in [-0.25, -0.2) is 4.79 Å². The molecule has 0 heterocycles. The Morgan fingerprint density at radius 1 is 1.28 bits per heavy atom. The third kappa shape index (κ3) is 6.36. The molecule has 0 aliphatic heterocycles. The minimum absolute atomic E-state index is 0.0840. The Morgan fingerprint density at radius 3 is 2.40 bits per heavy atom. The first-order chi connectivity index (χ1) is 11.8. The van der Waals surface area contributed by atoms with Crippen LogP contribution in [0.15, 0.2) is 29.5 Å². The molecule has 0 radical (unpaired) electrons. The zero-order valence-electron chi connectivity index (χ0n) is 14.8. The van der Waals surface area contributed by atoms with Crippen LogP contribution in [0.3, 0.4) is 0 Å². The van der Waals surface area contributed by atoms with Crippen LogP contribution in [0.4, 0.5) is 0 Å². The second-order valence-corrected chi connectivity index (χ2v) is 5.84. The van der Waals surface area contributed by atoms with E-state index >= 15 is 0 Å². The van der Waals surface area contributed by atoms with Crippen molar-refractivity contribution in [3.05, 3.63) is 46.2 Å². The van der Waals surface area contributed by atoms with Crippen LogP contribution in [0, 0.1) is 13.8 Å². The van der Waals surface area contributed by atoms with Crippen molar-refractivity contribution in [2.24, 2.45) is 0 Å². The van der Waals surface area contributed by atoms with E-state index in [9.17, 15) is 25.2 Å². The SMILES string of the molecule is CCOC(=O)[C@H](O)CC(=C=CC[C@@H](O)c1cc(C)c(O)c(C)c1)CO. The van der Waals surface area contributed by atoms with Crippen molar-refractivity contribution in [3.8, 4) is 5.75 Å². The van der Waals surface area contributed by atoms with Crippen LogP contribution in [0.2, 0.25) is 0 Å². The number of carbonyl (C=O) groups is 1. The number of aliphatic hydroxyl groups excluding tert-OH is 3. The number of aromatic hydroxyl groups is 1. The molecule has 0 amide bonds. The quantitative estimate of drug-likeness (QED) is 0.421. The lowest BCUT2D eigenvalue weighted by Gasteiger charge is -2.12. The van der Waals surface area contributed by atoms with Crippen LogP contribution in [0.5, 0.6) is 5.75 Å². The average molecular weight is 350 g/mol. The predicted octanol–water partition coefficient (Wildman–Crippen LogP) is 1.82. The minimum atomic E-state index is -1.35. The third-order valence-electron chi connectivity index (χ3n) is 3.73. The van der Waals surface area contributed by atoms with Crippen molar-refractivity contribution < 1.29 is 30.0 Å². The highest BCUT2D eigenvalue weighted by molar-refractivity contribution is 5.74. The molecule has 0 spiro atoms. The molecule has 0 aromatic heterocycles. The summed E-state index contributed by atoms with van der Waals surface area (Å²) in [6, 6.07) is 3.42. The van der Waals surface area contributed by atoms with Gasteiger partial charge in [0.1, 0.15) is 5.75 Å². The van der Waals surface area contributed by atoms with Crippen LogP contribution in [-0.4, -0.2) is 45.7 Å². The highest BCUT2D eigenvalue weighted by Gasteiger charge is 2.17. The third-order valence-corrected chi connectivity index (χ3v) is 3.73. The Bertz CT molecular complexity index is 635. The summed E-state index contributed by atoms with van der Waals surface area (Å²) in [6.07, 6.45) is -0.441. The number of hydrogen-bond donors (Lipinski definition) is 4. The second kappa shape index (κ2) is 10.0. The number of hydrogen-bond acceptors (Lipinski definition) is 6. The van der Waals surface area contributed by atoms with Gasteiger partial charge in [-0.15, -0.1) is 5.73 Å². The van der Waals surface area contributed by atoms with Crippen molar-refractivity contribution in [3.63, 3.8) is 0 Å². The fraction of sp³-hybridized carbons (Fsp3) is 0.474. The van der Waals surface area contributed by atoms with E-state index in [0.717, 1.165) is 0 Å². The summed E-state index contributed by atoms with van der Waals surface area (Å²) in [7, 11) is 0. The fourth-order valence-electron chi connectivity index (χ4n) is 2.36. The van der Waals surface area contributed by atoms with Crippen molar-refractivity contribution in [1.82, 2.24) is 0 Å². The van der Waals surface area contributed by atoms with E-state index in [-0.39, 0.29) is 31.8 Å².